The standard InChI is InChI=1S/C17H25NO2/c1-14-5-2-6-15(13-14)17(20)9-11-18(10-4-12-19)16-7-3-8-16/h2,5-6,13,16,19H,3-4,7-12H2,1H3. The molecule has 0 bridgehead atoms. The first-order chi connectivity index (χ1) is 9.70. The van der Waals surface area contributed by atoms with Crippen molar-refractivity contribution in [3.63, 3.8) is 0 Å². The van der Waals surface area contributed by atoms with Gasteiger partial charge in [0.2, 0.25) is 0 Å². The molecule has 3 heteroatoms. The Morgan fingerprint density at radius 2 is 2.15 bits per heavy atom. The van der Waals surface area contributed by atoms with E-state index in [-0.39, 0.29) is 12.4 Å². The third kappa shape index (κ3) is 4.15. The van der Waals surface area contributed by atoms with Crippen LogP contribution in [0.25, 0.3) is 0 Å². The van der Waals surface area contributed by atoms with E-state index in [0.29, 0.717) is 12.5 Å². The molecule has 1 aliphatic carbocycles. The summed E-state index contributed by atoms with van der Waals surface area (Å²) >= 11 is 0. The second-order valence-electron chi connectivity index (χ2n) is 5.74. The van der Waals surface area contributed by atoms with Gasteiger partial charge in [-0.25, -0.2) is 0 Å². The molecule has 1 aromatic rings. The van der Waals surface area contributed by atoms with Crippen LogP contribution >= 0.6 is 0 Å². The maximum Gasteiger partial charge on any atom is 0.164 e. The van der Waals surface area contributed by atoms with E-state index in [0.717, 1.165) is 30.6 Å². The van der Waals surface area contributed by atoms with Crippen molar-refractivity contribution < 1.29 is 9.90 Å². The first-order valence-corrected chi connectivity index (χ1v) is 7.65. The van der Waals surface area contributed by atoms with Crippen LogP contribution in [0.1, 0.15) is 48.0 Å². The highest BCUT2D eigenvalue weighted by Gasteiger charge is 2.24. The molecule has 0 radical (unpaired) electrons. The van der Waals surface area contributed by atoms with Gasteiger partial charge in [0.1, 0.15) is 0 Å². The zero-order valence-electron chi connectivity index (χ0n) is 12.3. The van der Waals surface area contributed by atoms with Crippen molar-refractivity contribution in [2.24, 2.45) is 0 Å². The predicted molar refractivity (Wildman–Crippen MR) is 81.0 cm³/mol. The lowest BCUT2D eigenvalue weighted by atomic mass is 9.91. The van der Waals surface area contributed by atoms with E-state index in [9.17, 15) is 4.79 Å². The number of carbonyl (C=O) groups excluding carboxylic acids is 1. The SMILES string of the molecule is Cc1cccc(C(=O)CCN(CCCO)C2CCC2)c1. The Hall–Kier alpha value is -1.19. The molecule has 20 heavy (non-hydrogen) atoms. The zero-order chi connectivity index (χ0) is 14.4. The molecule has 1 aliphatic rings. The summed E-state index contributed by atoms with van der Waals surface area (Å²) in [7, 11) is 0. The molecule has 0 atom stereocenters. The van der Waals surface area contributed by atoms with Gasteiger partial charge in [-0.3, -0.25) is 9.69 Å². The summed E-state index contributed by atoms with van der Waals surface area (Å²) in [4.78, 5) is 14.6. The van der Waals surface area contributed by atoms with Crippen LogP contribution in [0.15, 0.2) is 24.3 Å². The van der Waals surface area contributed by atoms with Gasteiger partial charge >= 0.3 is 0 Å². The van der Waals surface area contributed by atoms with Crippen LogP contribution in [0, 0.1) is 6.92 Å². The fraction of sp³-hybridized carbons (Fsp3) is 0.588. The smallest absolute Gasteiger partial charge is 0.164 e. The zero-order valence-corrected chi connectivity index (χ0v) is 12.3. The summed E-state index contributed by atoms with van der Waals surface area (Å²) in [5.41, 5.74) is 1.95. The van der Waals surface area contributed by atoms with Gasteiger partial charge in [0.15, 0.2) is 5.78 Å². The molecule has 3 nitrogen and oxygen atoms in total. The number of hydrogen-bond acceptors (Lipinski definition) is 3. The molecule has 1 saturated carbocycles. The molecule has 0 unspecified atom stereocenters. The lowest BCUT2D eigenvalue weighted by Gasteiger charge is -2.37. The van der Waals surface area contributed by atoms with Crippen molar-refractivity contribution in [2.75, 3.05) is 19.7 Å². The number of ketones is 1. The van der Waals surface area contributed by atoms with Crippen molar-refractivity contribution in [2.45, 2.75) is 45.1 Å². The number of carbonyl (C=O) groups is 1. The van der Waals surface area contributed by atoms with E-state index in [1.54, 1.807) is 0 Å². The van der Waals surface area contributed by atoms with Crippen molar-refractivity contribution in [3.8, 4) is 0 Å². The Balaban J connectivity index is 1.86. The largest absolute Gasteiger partial charge is 0.396 e. The summed E-state index contributed by atoms with van der Waals surface area (Å²) in [6.45, 7) is 3.97. The second kappa shape index (κ2) is 7.55. The number of aliphatic hydroxyl groups is 1. The minimum atomic E-state index is 0.224. The number of Topliss-reactive ketones (excluding diaryl/α,β-unsaturated/α-hetero) is 1. The van der Waals surface area contributed by atoms with E-state index in [2.05, 4.69) is 4.90 Å². The van der Waals surface area contributed by atoms with Gasteiger partial charge in [-0.05, 0) is 32.3 Å². The first kappa shape index (κ1) is 15.2. The highest BCUT2D eigenvalue weighted by atomic mass is 16.3. The van der Waals surface area contributed by atoms with Crippen LogP contribution in [-0.2, 0) is 0 Å². The highest BCUT2D eigenvalue weighted by molar-refractivity contribution is 5.96. The molecular formula is C17H25NO2. The predicted octanol–water partition coefficient (Wildman–Crippen LogP) is 2.80. The average molecular weight is 275 g/mol. The number of benzene rings is 1. The molecule has 0 spiro atoms. The topological polar surface area (TPSA) is 40.5 Å². The summed E-state index contributed by atoms with van der Waals surface area (Å²) in [6.07, 6.45) is 5.15. The molecule has 0 saturated heterocycles. The molecule has 0 amide bonds. The molecule has 0 heterocycles. The van der Waals surface area contributed by atoms with Crippen LogP contribution in [0.2, 0.25) is 0 Å². The summed E-state index contributed by atoms with van der Waals surface area (Å²) < 4.78 is 0. The number of aryl methyl sites for hydroxylation is 1. The average Bonchev–Trinajstić information content (AvgIpc) is 2.39. The van der Waals surface area contributed by atoms with Gasteiger partial charge in [-0.2, -0.15) is 0 Å². The van der Waals surface area contributed by atoms with Crippen molar-refractivity contribution in [1.82, 2.24) is 4.90 Å². The van der Waals surface area contributed by atoms with Crippen LogP contribution in [0.4, 0.5) is 0 Å². The van der Waals surface area contributed by atoms with Gasteiger partial charge in [0.05, 0.1) is 0 Å². The van der Waals surface area contributed by atoms with E-state index in [1.807, 2.05) is 31.2 Å². The van der Waals surface area contributed by atoms with E-state index in [1.165, 1.54) is 19.3 Å². The number of aliphatic hydroxyl groups excluding tert-OH is 1. The summed E-state index contributed by atoms with van der Waals surface area (Å²) in [6, 6.07) is 8.45. The van der Waals surface area contributed by atoms with Crippen molar-refractivity contribution in [3.05, 3.63) is 35.4 Å². The van der Waals surface area contributed by atoms with Gasteiger partial charge in [0.25, 0.3) is 0 Å². The molecule has 0 aromatic heterocycles. The Morgan fingerprint density at radius 1 is 1.35 bits per heavy atom. The van der Waals surface area contributed by atoms with Gasteiger partial charge in [0, 0.05) is 37.7 Å². The van der Waals surface area contributed by atoms with E-state index < -0.39 is 0 Å². The minimum absolute atomic E-state index is 0.224. The lowest BCUT2D eigenvalue weighted by molar-refractivity contribution is 0.0887. The molecule has 110 valence electrons. The quantitative estimate of drug-likeness (QED) is 0.742. The number of nitrogens with zero attached hydrogens (tertiary/aromatic N) is 1. The fourth-order valence-corrected chi connectivity index (χ4v) is 2.71. The van der Waals surface area contributed by atoms with Crippen LogP contribution in [0.3, 0.4) is 0 Å². The fourth-order valence-electron chi connectivity index (χ4n) is 2.71. The Bertz CT molecular complexity index is 440. The third-order valence-corrected chi connectivity index (χ3v) is 4.16. The highest BCUT2D eigenvalue weighted by Crippen LogP contribution is 2.25. The number of rotatable bonds is 8. The van der Waals surface area contributed by atoms with Crippen molar-refractivity contribution in [1.29, 1.82) is 0 Å². The Morgan fingerprint density at radius 3 is 2.75 bits per heavy atom. The van der Waals surface area contributed by atoms with Gasteiger partial charge in [-0.15, -0.1) is 0 Å². The molecule has 2 rings (SSSR count). The molecule has 1 N–H and O–H groups in total. The van der Waals surface area contributed by atoms with Crippen LogP contribution < -0.4 is 0 Å². The van der Waals surface area contributed by atoms with Gasteiger partial charge < -0.3 is 5.11 Å². The molecule has 0 aliphatic heterocycles. The minimum Gasteiger partial charge on any atom is -0.396 e. The van der Waals surface area contributed by atoms with Crippen LogP contribution in [-0.4, -0.2) is 41.5 Å². The van der Waals surface area contributed by atoms with Crippen molar-refractivity contribution >= 4 is 5.78 Å². The third-order valence-electron chi connectivity index (χ3n) is 4.16. The maximum atomic E-state index is 12.2. The van der Waals surface area contributed by atoms with E-state index >= 15 is 0 Å². The Labute approximate surface area is 121 Å². The molecular weight excluding hydrogens is 250 g/mol. The Kier molecular flexibility index (Phi) is 5.74. The van der Waals surface area contributed by atoms with Crippen LogP contribution in [0.5, 0.6) is 0 Å². The summed E-state index contributed by atoms with van der Waals surface area (Å²) in [5, 5.41) is 8.98. The van der Waals surface area contributed by atoms with Gasteiger partial charge in [-0.1, -0.05) is 30.2 Å². The maximum absolute atomic E-state index is 12.2. The second-order valence-corrected chi connectivity index (χ2v) is 5.74. The summed E-state index contributed by atoms with van der Waals surface area (Å²) in [5.74, 6) is 0.224. The number of hydrogen-bond donors (Lipinski definition) is 1. The molecule has 1 aromatic carbocycles. The normalized spacial score (nSPS) is 15.3. The lowest BCUT2D eigenvalue weighted by Crippen LogP contribution is -2.42. The molecule has 1 fully saturated rings. The monoisotopic (exact) mass is 275 g/mol. The van der Waals surface area contributed by atoms with E-state index in [4.69, 9.17) is 5.11 Å². The first-order valence-electron chi connectivity index (χ1n) is 7.65.